The molecule has 24 heavy (non-hydrogen) atoms. The van der Waals surface area contributed by atoms with Crippen molar-refractivity contribution in [2.24, 2.45) is 0 Å². The Kier molecular flexibility index (Phi) is 9.38. The zero-order valence-electron chi connectivity index (χ0n) is 15.3. The van der Waals surface area contributed by atoms with Gasteiger partial charge in [-0.15, -0.1) is 0 Å². The fourth-order valence-electron chi connectivity index (χ4n) is 3.37. The molecular formula is C18H36N6. The van der Waals surface area contributed by atoms with E-state index in [1.165, 1.54) is 25.0 Å². The van der Waals surface area contributed by atoms with Gasteiger partial charge in [-0.25, -0.2) is 0 Å². The van der Waals surface area contributed by atoms with E-state index in [4.69, 9.17) is 0 Å². The van der Waals surface area contributed by atoms with Crippen LogP contribution in [-0.2, 0) is 0 Å². The normalized spacial score (nSPS) is 26.9. The molecule has 1 saturated heterocycles. The van der Waals surface area contributed by atoms with Crippen molar-refractivity contribution in [1.82, 2.24) is 31.9 Å². The van der Waals surface area contributed by atoms with Gasteiger partial charge in [0.1, 0.15) is 0 Å². The summed E-state index contributed by atoms with van der Waals surface area (Å²) in [5.41, 5.74) is 1.29. The molecule has 0 saturated carbocycles. The Labute approximate surface area is 147 Å². The van der Waals surface area contributed by atoms with Crippen LogP contribution >= 0.6 is 0 Å². The van der Waals surface area contributed by atoms with Crippen molar-refractivity contribution < 1.29 is 0 Å². The molecule has 0 aromatic rings. The number of nitrogens with one attached hydrogen (secondary N) is 6. The fourth-order valence-corrected chi connectivity index (χ4v) is 3.37. The number of hydrogen-bond donors (Lipinski definition) is 6. The molecular weight excluding hydrogens is 300 g/mol. The maximum Gasteiger partial charge on any atom is 0.0598 e. The van der Waals surface area contributed by atoms with Crippen molar-refractivity contribution in [2.45, 2.75) is 37.4 Å². The molecule has 0 radical (unpaired) electrons. The lowest BCUT2D eigenvalue weighted by Gasteiger charge is -2.37. The van der Waals surface area contributed by atoms with E-state index >= 15 is 0 Å². The molecule has 2 aliphatic heterocycles. The number of likely N-dealkylation sites (N-methyl/N-ethyl adjacent to an activating group) is 2. The second kappa shape index (κ2) is 11.6. The van der Waals surface area contributed by atoms with Gasteiger partial charge in [0.2, 0.25) is 0 Å². The van der Waals surface area contributed by atoms with E-state index in [9.17, 15) is 0 Å². The summed E-state index contributed by atoms with van der Waals surface area (Å²) in [5.74, 6) is 0. The molecule has 0 aliphatic carbocycles. The topological polar surface area (TPSA) is 72.2 Å². The summed E-state index contributed by atoms with van der Waals surface area (Å²) in [6.07, 6.45) is 10.5. The summed E-state index contributed by atoms with van der Waals surface area (Å²) < 4.78 is 0. The molecule has 6 heteroatoms. The molecule has 0 amide bonds. The predicted octanol–water partition coefficient (Wildman–Crippen LogP) is -0.473. The maximum absolute atomic E-state index is 3.84. The molecule has 0 bridgehead atoms. The Balaban J connectivity index is 1.71. The monoisotopic (exact) mass is 336 g/mol. The van der Waals surface area contributed by atoms with Gasteiger partial charge in [-0.3, -0.25) is 0 Å². The third kappa shape index (κ3) is 6.91. The lowest BCUT2D eigenvalue weighted by atomic mass is 9.92. The first-order chi connectivity index (χ1) is 11.8. The first-order valence-corrected chi connectivity index (χ1v) is 9.44. The van der Waals surface area contributed by atoms with Crippen molar-refractivity contribution in [3.05, 3.63) is 23.9 Å². The summed E-state index contributed by atoms with van der Waals surface area (Å²) in [5, 5.41) is 20.9. The minimum Gasteiger partial charge on any atom is -0.380 e. The molecule has 0 aromatic heterocycles. The van der Waals surface area contributed by atoms with Crippen LogP contribution in [0.5, 0.6) is 0 Å². The molecule has 138 valence electrons. The molecule has 3 atom stereocenters. The Morgan fingerprint density at radius 2 is 1.83 bits per heavy atom. The first-order valence-electron chi connectivity index (χ1n) is 9.44. The van der Waals surface area contributed by atoms with Gasteiger partial charge in [0.05, 0.1) is 6.04 Å². The number of rotatable bonds is 11. The van der Waals surface area contributed by atoms with Crippen LogP contribution in [0.3, 0.4) is 0 Å². The number of piperidine rings is 1. The number of hydrogen-bond acceptors (Lipinski definition) is 6. The van der Waals surface area contributed by atoms with Gasteiger partial charge in [-0.2, -0.15) is 0 Å². The Bertz CT molecular complexity index is 395. The third-order valence-electron chi connectivity index (χ3n) is 4.73. The molecule has 0 aromatic carbocycles. The van der Waals surface area contributed by atoms with Crippen molar-refractivity contribution in [1.29, 1.82) is 0 Å². The van der Waals surface area contributed by atoms with Gasteiger partial charge >= 0.3 is 0 Å². The Morgan fingerprint density at radius 1 is 1.04 bits per heavy atom. The lowest BCUT2D eigenvalue weighted by Crippen LogP contribution is -2.56. The van der Waals surface area contributed by atoms with Crippen LogP contribution in [0.1, 0.15) is 19.3 Å². The first kappa shape index (κ1) is 19.4. The fraction of sp³-hybridized carbons (Fsp3) is 0.778. The van der Waals surface area contributed by atoms with Crippen LogP contribution in [-0.4, -0.2) is 71.5 Å². The molecule has 3 unspecified atom stereocenters. The molecule has 1 fully saturated rings. The van der Waals surface area contributed by atoms with Gasteiger partial charge in [-0.05, 0) is 33.0 Å². The van der Waals surface area contributed by atoms with E-state index in [1.807, 2.05) is 14.1 Å². The lowest BCUT2D eigenvalue weighted by molar-refractivity contribution is 0.282. The quantitative estimate of drug-likeness (QED) is 0.287. The van der Waals surface area contributed by atoms with E-state index in [0.717, 1.165) is 39.3 Å². The average Bonchev–Trinajstić information content (AvgIpc) is 2.63. The molecule has 6 N–H and O–H groups in total. The molecule has 0 spiro atoms. The Hall–Kier alpha value is -0.920. The highest BCUT2D eigenvalue weighted by molar-refractivity contribution is 5.23. The predicted molar refractivity (Wildman–Crippen MR) is 102 cm³/mol. The van der Waals surface area contributed by atoms with Gasteiger partial charge in [0.25, 0.3) is 0 Å². The second-order valence-electron chi connectivity index (χ2n) is 6.74. The van der Waals surface area contributed by atoms with E-state index in [1.54, 1.807) is 0 Å². The van der Waals surface area contributed by atoms with Crippen molar-refractivity contribution in [3.63, 3.8) is 0 Å². The van der Waals surface area contributed by atoms with E-state index in [2.05, 4.69) is 50.1 Å². The molecule has 2 heterocycles. The van der Waals surface area contributed by atoms with Crippen LogP contribution in [0.15, 0.2) is 23.9 Å². The zero-order chi connectivity index (χ0) is 17.0. The standard InChI is InChI=1S/C18H36N6/c1-19-9-11-21-13-15-5-3-7-17(23-15)18-8-4-6-16(24-18)14-22-12-10-20-2/h3,5,7,16-24H,4,6,8-14H2,1-2H3. The molecule has 2 aliphatic rings. The largest absolute Gasteiger partial charge is 0.380 e. The highest BCUT2D eigenvalue weighted by Gasteiger charge is 2.27. The summed E-state index contributed by atoms with van der Waals surface area (Å²) in [6.45, 7) is 6.02. The molecule has 2 rings (SSSR count). The highest BCUT2D eigenvalue weighted by atomic mass is 15.1. The summed E-state index contributed by atoms with van der Waals surface area (Å²) in [4.78, 5) is 0. The molecule has 6 nitrogen and oxygen atoms in total. The summed E-state index contributed by atoms with van der Waals surface area (Å²) in [6, 6.07) is 1.50. The van der Waals surface area contributed by atoms with Crippen molar-refractivity contribution in [2.75, 3.05) is 53.4 Å². The van der Waals surface area contributed by atoms with Gasteiger partial charge < -0.3 is 31.9 Å². The van der Waals surface area contributed by atoms with E-state index in [0.29, 0.717) is 18.1 Å². The highest BCUT2D eigenvalue weighted by Crippen LogP contribution is 2.18. The van der Waals surface area contributed by atoms with Crippen LogP contribution in [0.2, 0.25) is 0 Å². The van der Waals surface area contributed by atoms with Crippen molar-refractivity contribution in [3.8, 4) is 0 Å². The van der Waals surface area contributed by atoms with Crippen LogP contribution in [0.25, 0.3) is 0 Å². The Morgan fingerprint density at radius 3 is 2.62 bits per heavy atom. The van der Waals surface area contributed by atoms with E-state index < -0.39 is 0 Å². The minimum atomic E-state index is 0.399. The average molecular weight is 337 g/mol. The van der Waals surface area contributed by atoms with Crippen molar-refractivity contribution >= 4 is 0 Å². The van der Waals surface area contributed by atoms with Crippen LogP contribution < -0.4 is 31.9 Å². The smallest absolute Gasteiger partial charge is 0.0598 e. The van der Waals surface area contributed by atoms with Crippen LogP contribution in [0, 0.1) is 0 Å². The van der Waals surface area contributed by atoms with Crippen LogP contribution in [0.4, 0.5) is 0 Å². The number of allylic oxidation sites excluding steroid dienone is 2. The SMILES string of the molecule is CNCCNCC1=CC=CC(C2CCCC(CNCCNC)N2)N1. The summed E-state index contributed by atoms with van der Waals surface area (Å²) >= 11 is 0. The minimum absolute atomic E-state index is 0.399. The van der Waals surface area contributed by atoms with Gasteiger partial charge in [-0.1, -0.05) is 18.6 Å². The van der Waals surface area contributed by atoms with Gasteiger partial charge in [0, 0.05) is 57.0 Å². The maximum atomic E-state index is 3.84. The summed E-state index contributed by atoms with van der Waals surface area (Å²) in [7, 11) is 3.98. The zero-order valence-corrected chi connectivity index (χ0v) is 15.3. The van der Waals surface area contributed by atoms with E-state index in [-0.39, 0.29) is 0 Å². The second-order valence-corrected chi connectivity index (χ2v) is 6.74. The number of dihydropyridines is 1. The third-order valence-corrected chi connectivity index (χ3v) is 4.73. The van der Waals surface area contributed by atoms with Gasteiger partial charge in [0.15, 0.2) is 0 Å².